The molecule has 1 atom stereocenters. The summed E-state index contributed by atoms with van der Waals surface area (Å²) in [5, 5.41) is 3.22. The fourth-order valence-corrected chi connectivity index (χ4v) is 7.95. The smallest absolute Gasteiger partial charge is 0.269 e. The van der Waals surface area contributed by atoms with Gasteiger partial charge < -0.3 is 10.2 Å². The van der Waals surface area contributed by atoms with E-state index in [-0.39, 0.29) is 54.2 Å². The highest BCUT2D eigenvalue weighted by atomic mass is 79.9. The SMILES string of the molecule is O=C(NC1CCCCC1)[C@H](Cc1ccccc1)N(Cc1cccc(Br)c1)C(=O)CCCN1C(=O)c2ccccc2S1(=O)=O. The molecule has 5 rings (SSSR count). The summed E-state index contributed by atoms with van der Waals surface area (Å²) < 4.78 is 27.7. The number of hydrogen-bond donors (Lipinski definition) is 1. The maximum absolute atomic E-state index is 14.0. The normalized spacial score (nSPS) is 16.9. The summed E-state index contributed by atoms with van der Waals surface area (Å²) in [6.07, 6.45) is 5.59. The number of carbonyl (C=O) groups excluding carboxylic acids is 3. The maximum atomic E-state index is 14.0. The van der Waals surface area contributed by atoms with Gasteiger partial charge in [0.15, 0.2) is 0 Å². The Morgan fingerprint density at radius 2 is 1.63 bits per heavy atom. The van der Waals surface area contributed by atoms with E-state index in [9.17, 15) is 22.8 Å². The first kappa shape index (κ1) is 30.9. The van der Waals surface area contributed by atoms with Gasteiger partial charge in [-0.3, -0.25) is 14.4 Å². The van der Waals surface area contributed by atoms with E-state index in [2.05, 4.69) is 21.2 Å². The van der Waals surface area contributed by atoms with Crippen LogP contribution in [0.4, 0.5) is 0 Å². The largest absolute Gasteiger partial charge is 0.352 e. The summed E-state index contributed by atoms with van der Waals surface area (Å²) in [4.78, 5) is 42.4. The number of nitrogens with zero attached hydrogens (tertiary/aromatic N) is 2. The van der Waals surface area contributed by atoms with Gasteiger partial charge in [-0.1, -0.05) is 89.8 Å². The standard InChI is InChI=1S/C33H36BrN3O5S/c34-26-14-9-13-25(21-26)23-36(29(22-24-11-3-1-4-12-24)32(39)35-27-15-5-2-6-16-27)31(38)19-10-20-37-33(40)28-17-7-8-18-30(28)43(37,41)42/h1,3-4,7-9,11-14,17-18,21,27,29H,2,5-6,10,15-16,19-20,22-23H2,(H,35,39)/t29-/m0/s1. The summed E-state index contributed by atoms with van der Waals surface area (Å²) in [5.41, 5.74) is 1.94. The fourth-order valence-electron chi connectivity index (χ4n) is 5.90. The molecule has 1 aliphatic heterocycles. The van der Waals surface area contributed by atoms with Gasteiger partial charge in [0.25, 0.3) is 15.9 Å². The number of fused-ring (bicyclic) bond motifs is 1. The molecule has 1 fully saturated rings. The monoisotopic (exact) mass is 665 g/mol. The van der Waals surface area contributed by atoms with Crippen LogP contribution in [0.5, 0.6) is 0 Å². The fraction of sp³-hybridized carbons (Fsp3) is 0.364. The van der Waals surface area contributed by atoms with E-state index in [1.165, 1.54) is 12.1 Å². The predicted octanol–water partition coefficient (Wildman–Crippen LogP) is 5.46. The Hall–Kier alpha value is -3.50. The number of nitrogens with one attached hydrogen (secondary N) is 1. The molecule has 0 radical (unpaired) electrons. The van der Waals surface area contributed by atoms with Crippen LogP contribution in [0.2, 0.25) is 0 Å². The van der Waals surface area contributed by atoms with E-state index in [4.69, 9.17) is 0 Å². The lowest BCUT2D eigenvalue weighted by atomic mass is 9.94. The van der Waals surface area contributed by atoms with Crippen LogP contribution in [0.1, 0.15) is 66.4 Å². The first-order valence-electron chi connectivity index (χ1n) is 14.8. The van der Waals surface area contributed by atoms with Gasteiger partial charge in [-0.15, -0.1) is 0 Å². The van der Waals surface area contributed by atoms with Gasteiger partial charge >= 0.3 is 0 Å². The Morgan fingerprint density at radius 3 is 2.35 bits per heavy atom. The Morgan fingerprint density at radius 1 is 0.930 bits per heavy atom. The highest BCUT2D eigenvalue weighted by molar-refractivity contribution is 9.10. The number of benzene rings is 3. The third-order valence-electron chi connectivity index (χ3n) is 8.13. The third kappa shape index (κ3) is 7.36. The second kappa shape index (κ2) is 13.9. The molecule has 0 saturated heterocycles. The van der Waals surface area contributed by atoms with Crippen LogP contribution >= 0.6 is 15.9 Å². The molecule has 1 aliphatic carbocycles. The zero-order chi connectivity index (χ0) is 30.4. The second-order valence-corrected chi connectivity index (χ2v) is 13.9. The molecule has 2 aliphatic rings. The minimum atomic E-state index is -3.96. The van der Waals surface area contributed by atoms with Gasteiger partial charge in [-0.25, -0.2) is 12.7 Å². The van der Waals surface area contributed by atoms with Crippen molar-refractivity contribution in [3.05, 3.63) is 100 Å². The third-order valence-corrected chi connectivity index (χ3v) is 10.5. The van der Waals surface area contributed by atoms with Crippen molar-refractivity contribution < 1.29 is 22.8 Å². The molecule has 3 amide bonds. The van der Waals surface area contributed by atoms with Crippen LogP contribution in [-0.4, -0.2) is 54.0 Å². The van der Waals surface area contributed by atoms with E-state index in [0.29, 0.717) is 6.42 Å². The van der Waals surface area contributed by atoms with Crippen LogP contribution in [-0.2, 0) is 32.6 Å². The number of carbonyl (C=O) groups is 3. The summed E-state index contributed by atoms with van der Waals surface area (Å²) in [7, 11) is -3.96. The van der Waals surface area contributed by atoms with E-state index in [1.54, 1.807) is 17.0 Å². The van der Waals surface area contributed by atoms with Crippen molar-refractivity contribution in [2.24, 2.45) is 0 Å². The Balaban J connectivity index is 1.37. The van der Waals surface area contributed by atoms with E-state index in [1.807, 2.05) is 54.6 Å². The predicted molar refractivity (Wildman–Crippen MR) is 168 cm³/mol. The van der Waals surface area contributed by atoms with Crippen LogP contribution in [0, 0.1) is 0 Å². The molecule has 8 nitrogen and oxygen atoms in total. The molecule has 10 heteroatoms. The zero-order valence-corrected chi connectivity index (χ0v) is 26.4. The molecular formula is C33H36BrN3O5S. The lowest BCUT2D eigenvalue weighted by Crippen LogP contribution is -2.52. The average Bonchev–Trinajstić information content (AvgIpc) is 3.20. The van der Waals surface area contributed by atoms with Crippen LogP contribution < -0.4 is 5.32 Å². The molecule has 3 aromatic carbocycles. The number of amides is 3. The van der Waals surface area contributed by atoms with Gasteiger partial charge in [0.1, 0.15) is 10.9 Å². The zero-order valence-electron chi connectivity index (χ0n) is 24.0. The highest BCUT2D eigenvalue weighted by Gasteiger charge is 2.40. The Kier molecular flexibility index (Phi) is 9.97. The first-order chi connectivity index (χ1) is 20.7. The van der Waals surface area contributed by atoms with Crippen LogP contribution in [0.15, 0.2) is 88.2 Å². The van der Waals surface area contributed by atoms with Crippen molar-refractivity contribution >= 4 is 43.7 Å². The number of rotatable bonds is 11. The first-order valence-corrected chi connectivity index (χ1v) is 17.0. The molecule has 0 spiro atoms. The molecule has 226 valence electrons. The van der Waals surface area contributed by atoms with Crippen molar-refractivity contribution in [3.8, 4) is 0 Å². The van der Waals surface area contributed by atoms with Crippen molar-refractivity contribution in [1.29, 1.82) is 0 Å². The molecule has 1 heterocycles. The quantitative estimate of drug-likeness (QED) is 0.293. The number of hydrogen-bond acceptors (Lipinski definition) is 5. The average molecular weight is 667 g/mol. The van der Waals surface area contributed by atoms with Crippen LogP contribution in [0.3, 0.4) is 0 Å². The molecule has 1 saturated carbocycles. The Labute approximate surface area is 261 Å². The second-order valence-electron chi connectivity index (χ2n) is 11.2. The summed E-state index contributed by atoms with van der Waals surface area (Å²) in [6.45, 7) is 0.0875. The molecule has 0 aromatic heterocycles. The molecule has 1 N–H and O–H groups in total. The van der Waals surface area contributed by atoms with Crippen LogP contribution in [0.25, 0.3) is 0 Å². The summed E-state index contributed by atoms with van der Waals surface area (Å²) in [5.74, 6) is -1.05. The minimum absolute atomic E-state index is 0.00934. The summed E-state index contributed by atoms with van der Waals surface area (Å²) in [6, 6.07) is 22.7. The molecule has 0 unspecified atom stereocenters. The number of sulfonamides is 1. The van der Waals surface area contributed by atoms with Crippen molar-refractivity contribution in [3.63, 3.8) is 0 Å². The van der Waals surface area contributed by atoms with Gasteiger partial charge in [-0.2, -0.15) is 0 Å². The number of halogens is 1. The molecule has 3 aromatic rings. The van der Waals surface area contributed by atoms with Crippen molar-refractivity contribution in [1.82, 2.24) is 14.5 Å². The minimum Gasteiger partial charge on any atom is -0.352 e. The molecule has 0 bridgehead atoms. The summed E-state index contributed by atoms with van der Waals surface area (Å²) >= 11 is 3.51. The van der Waals surface area contributed by atoms with E-state index in [0.717, 1.165) is 52.0 Å². The molecule has 43 heavy (non-hydrogen) atoms. The van der Waals surface area contributed by atoms with Gasteiger partial charge in [0.05, 0.1) is 5.56 Å². The van der Waals surface area contributed by atoms with E-state index >= 15 is 0 Å². The van der Waals surface area contributed by atoms with Gasteiger partial charge in [0.2, 0.25) is 11.8 Å². The highest BCUT2D eigenvalue weighted by Crippen LogP contribution is 2.30. The maximum Gasteiger partial charge on any atom is 0.269 e. The van der Waals surface area contributed by atoms with Gasteiger partial charge in [0, 0.05) is 36.4 Å². The Bertz CT molecular complexity index is 1570. The topological polar surface area (TPSA) is 104 Å². The lowest BCUT2D eigenvalue weighted by molar-refractivity contribution is -0.141. The molecular weight excluding hydrogens is 630 g/mol. The van der Waals surface area contributed by atoms with E-state index < -0.39 is 22.0 Å². The van der Waals surface area contributed by atoms with Crippen molar-refractivity contribution in [2.45, 2.75) is 74.9 Å². The lowest BCUT2D eigenvalue weighted by Gasteiger charge is -2.33. The van der Waals surface area contributed by atoms with Crippen molar-refractivity contribution in [2.75, 3.05) is 6.54 Å². The van der Waals surface area contributed by atoms with Gasteiger partial charge in [-0.05, 0) is 54.7 Å².